The average molecular weight is 384 g/mol. The van der Waals surface area contributed by atoms with Gasteiger partial charge in [-0.1, -0.05) is 12.1 Å². The number of aromatic nitrogens is 1. The van der Waals surface area contributed by atoms with Gasteiger partial charge in [-0.2, -0.15) is 13.2 Å². The van der Waals surface area contributed by atoms with Gasteiger partial charge in [0.25, 0.3) is 0 Å². The Labute approximate surface area is 151 Å². The van der Waals surface area contributed by atoms with Crippen LogP contribution >= 0.6 is 11.3 Å². The van der Waals surface area contributed by atoms with Gasteiger partial charge in [0.05, 0.1) is 24.3 Å². The van der Waals surface area contributed by atoms with Crippen LogP contribution in [0.15, 0.2) is 35.7 Å². The van der Waals surface area contributed by atoms with E-state index >= 15 is 0 Å². The number of hydrogen-bond acceptors (Lipinski definition) is 5. The maximum absolute atomic E-state index is 12.5. The molecule has 0 spiro atoms. The molecule has 2 rings (SSSR count). The molecule has 1 amide bonds. The summed E-state index contributed by atoms with van der Waals surface area (Å²) in [6.45, 7) is 1.98. The van der Waals surface area contributed by atoms with E-state index in [0.717, 1.165) is 23.5 Å². The van der Waals surface area contributed by atoms with Crippen molar-refractivity contribution in [3.05, 3.63) is 52.5 Å². The van der Waals surface area contributed by atoms with Gasteiger partial charge in [-0.3, -0.25) is 14.9 Å². The van der Waals surface area contributed by atoms with Crippen molar-refractivity contribution < 1.29 is 27.5 Å². The second-order valence-electron chi connectivity index (χ2n) is 5.07. The van der Waals surface area contributed by atoms with Gasteiger partial charge in [0.2, 0.25) is 5.91 Å². The van der Waals surface area contributed by atoms with Crippen molar-refractivity contribution in [2.24, 2.45) is 0 Å². The third-order valence-electron chi connectivity index (χ3n) is 3.08. The first-order chi connectivity index (χ1) is 12.3. The first-order valence-electron chi connectivity index (χ1n) is 7.54. The van der Waals surface area contributed by atoms with Crippen LogP contribution in [-0.4, -0.2) is 23.5 Å². The van der Waals surface area contributed by atoms with Crippen LogP contribution in [0.4, 0.5) is 18.3 Å². The number of thiazole rings is 1. The van der Waals surface area contributed by atoms with Crippen molar-refractivity contribution >= 4 is 34.4 Å². The summed E-state index contributed by atoms with van der Waals surface area (Å²) < 4.78 is 42.3. The monoisotopic (exact) mass is 384 g/mol. The highest BCUT2D eigenvalue weighted by Crippen LogP contribution is 2.29. The number of alkyl halides is 3. The number of rotatable bonds is 6. The fourth-order valence-corrected chi connectivity index (χ4v) is 2.62. The highest BCUT2D eigenvalue weighted by molar-refractivity contribution is 7.14. The number of nitrogens with one attached hydrogen (secondary N) is 1. The fraction of sp³-hybridized carbons (Fsp3) is 0.235. The van der Waals surface area contributed by atoms with E-state index in [4.69, 9.17) is 4.74 Å². The van der Waals surface area contributed by atoms with Crippen LogP contribution in [0.25, 0.3) is 6.08 Å². The fourth-order valence-electron chi connectivity index (χ4n) is 1.91. The largest absolute Gasteiger partial charge is 0.466 e. The number of ether oxygens (including phenoxy) is 1. The molecule has 0 bridgehead atoms. The van der Waals surface area contributed by atoms with Gasteiger partial charge in [-0.25, -0.2) is 4.98 Å². The summed E-state index contributed by atoms with van der Waals surface area (Å²) in [6, 6.07) is 4.43. The average Bonchev–Trinajstić information content (AvgIpc) is 2.99. The Morgan fingerprint density at radius 2 is 1.96 bits per heavy atom. The zero-order chi connectivity index (χ0) is 19.2. The molecule has 0 radical (unpaired) electrons. The van der Waals surface area contributed by atoms with Crippen LogP contribution in [0.5, 0.6) is 0 Å². The summed E-state index contributed by atoms with van der Waals surface area (Å²) in [5.74, 6) is -0.889. The number of carbonyl (C=O) groups excluding carboxylic acids is 2. The second-order valence-corrected chi connectivity index (χ2v) is 5.93. The zero-order valence-corrected chi connectivity index (χ0v) is 14.5. The predicted molar refractivity (Wildman–Crippen MR) is 91.6 cm³/mol. The standard InChI is InChI=1S/C17H15F3N2O3S/c1-2-25-15(24)9-13-10-26-16(21-13)22-14(23)8-5-11-3-6-12(7-4-11)17(18,19)20/h3-8,10H,2,9H2,1H3,(H,21,22,23)/b8-5+. The van der Waals surface area contributed by atoms with Crippen LogP contribution in [0.1, 0.15) is 23.7 Å². The van der Waals surface area contributed by atoms with Crippen LogP contribution in [0, 0.1) is 0 Å². The Morgan fingerprint density at radius 3 is 2.58 bits per heavy atom. The first-order valence-corrected chi connectivity index (χ1v) is 8.42. The van der Waals surface area contributed by atoms with E-state index in [2.05, 4.69) is 10.3 Å². The number of carbonyl (C=O) groups is 2. The van der Waals surface area contributed by atoms with Crippen LogP contribution in [0.3, 0.4) is 0 Å². The lowest BCUT2D eigenvalue weighted by Crippen LogP contribution is -2.09. The quantitative estimate of drug-likeness (QED) is 0.606. The molecule has 2 aromatic rings. The Morgan fingerprint density at radius 1 is 1.27 bits per heavy atom. The molecule has 5 nitrogen and oxygen atoms in total. The minimum absolute atomic E-state index is 0.0155. The summed E-state index contributed by atoms with van der Waals surface area (Å²) >= 11 is 1.15. The van der Waals surface area contributed by atoms with E-state index in [1.165, 1.54) is 24.3 Å². The molecule has 1 aromatic carbocycles. The van der Waals surface area contributed by atoms with Gasteiger partial charge in [0.1, 0.15) is 0 Å². The van der Waals surface area contributed by atoms with Crippen molar-refractivity contribution in [3.8, 4) is 0 Å². The van der Waals surface area contributed by atoms with E-state index in [1.807, 2.05) is 0 Å². The predicted octanol–water partition coefficient (Wildman–Crippen LogP) is 3.92. The number of benzene rings is 1. The van der Waals surface area contributed by atoms with Crippen molar-refractivity contribution in [1.29, 1.82) is 0 Å². The molecular formula is C17H15F3N2O3S. The molecule has 0 atom stereocenters. The number of nitrogens with zero attached hydrogens (tertiary/aromatic N) is 1. The van der Waals surface area contributed by atoms with E-state index < -0.39 is 23.6 Å². The van der Waals surface area contributed by atoms with Gasteiger partial charge in [-0.05, 0) is 30.7 Å². The van der Waals surface area contributed by atoms with Gasteiger partial charge in [-0.15, -0.1) is 11.3 Å². The molecule has 0 aliphatic rings. The second kappa shape index (κ2) is 8.61. The molecule has 26 heavy (non-hydrogen) atoms. The maximum Gasteiger partial charge on any atom is 0.416 e. The molecule has 0 unspecified atom stereocenters. The molecule has 0 saturated carbocycles. The zero-order valence-electron chi connectivity index (χ0n) is 13.7. The first kappa shape index (κ1) is 19.6. The SMILES string of the molecule is CCOC(=O)Cc1csc(NC(=O)/C=C/c2ccc(C(F)(F)F)cc2)n1. The molecule has 0 aliphatic carbocycles. The molecular weight excluding hydrogens is 369 g/mol. The lowest BCUT2D eigenvalue weighted by molar-refractivity contribution is -0.142. The minimum Gasteiger partial charge on any atom is -0.466 e. The highest BCUT2D eigenvalue weighted by Gasteiger charge is 2.29. The molecule has 1 heterocycles. The third-order valence-corrected chi connectivity index (χ3v) is 3.88. The number of halogens is 3. The number of amides is 1. The van der Waals surface area contributed by atoms with Crippen molar-refractivity contribution in [3.63, 3.8) is 0 Å². The molecule has 0 fully saturated rings. The van der Waals surface area contributed by atoms with Gasteiger partial charge in [0, 0.05) is 11.5 Å². The third kappa shape index (κ3) is 5.99. The number of anilines is 1. The van der Waals surface area contributed by atoms with Gasteiger partial charge < -0.3 is 4.74 Å². The highest BCUT2D eigenvalue weighted by atomic mass is 32.1. The summed E-state index contributed by atoms with van der Waals surface area (Å²) in [5.41, 5.74) is 0.182. The molecule has 1 N–H and O–H groups in total. The lowest BCUT2D eigenvalue weighted by Gasteiger charge is -2.05. The number of esters is 1. The van der Waals surface area contributed by atoms with Crippen LogP contribution in [0.2, 0.25) is 0 Å². The van der Waals surface area contributed by atoms with Gasteiger partial charge in [0.15, 0.2) is 5.13 Å². The van der Waals surface area contributed by atoms with E-state index in [1.54, 1.807) is 12.3 Å². The number of hydrogen-bond donors (Lipinski definition) is 1. The lowest BCUT2D eigenvalue weighted by atomic mass is 10.1. The normalized spacial score (nSPS) is 11.5. The van der Waals surface area contributed by atoms with E-state index in [9.17, 15) is 22.8 Å². The van der Waals surface area contributed by atoms with Crippen molar-refractivity contribution in [2.45, 2.75) is 19.5 Å². The minimum atomic E-state index is -4.40. The molecule has 0 saturated heterocycles. The van der Waals surface area contributed by atoms with Crippen LogP contribution in [-0.2, 0) is 26.9 Å². The summed E-state index contributed by atoms with van der Waals surface area (Å²) in [5, 5.41) is 4.47. The molecule has 1 aromatic heterocycles. The molecule has 9 heteroatoms. The Bertz CT molecular complexity index is 798. The smallest absolute Gasteiger partial charge is 0.416 e. The maximum atomic E-state index is 12.5. The van der Waals surface area contributed by atoms with E-state index in [-0.39, 0.29) is 13.0 Å². The van der Waals surface area contributed by atoms with Gasteiger partial charge >= 0.3 is 12.1 Å². The van der Waals surface area contributed by atoms with E-state index in [0.29, 0.717) is 16.4 Å². The summed E-state index contributed by atoms with van der Waals surface area (Å²) in [6.07, 6.45) is -1.80. The Balaban J connectivity index is 1.91. The molecule has 0 aliphatic heterocycles. The molecule has 138 valence electrons. The summed E-state index contributed by atoms with van der Waals surface area (Å²) in [4.78, 5) is 27.3. The van der Waals surface area contributed by atoms with Crippen LogP contribution < -0.4 is 5.32 Å². The summed E-state index contributed by atoms with van der Waals surface area (Å²) in [7, 11) is 0. The van der Waals surface area contributed by atoms with Crippen molar-refractivity contribution in [1.82, 2.24) is 4.98 Å². The topological polar surface area (TPSA) is 68.3 Å². The Hall–Kier alpha value is -2.68. The Kier molecular flexibility index (Phi) is 6.51. The van der Waals surface area contributed by atoms with Crippen molar-refractivity contribution in [2.75, 3.05) is 11.9 Å².